The maximum atomic E-state index is 11.0. The molecule has 106 valence electrons. The summed E-state index contributed by atoms with van der Waals surface area (Å²) < 4.78 is 9.96. The maximum absolute atomic E-state index is 11.0. The molecule has 0 bridgehead atoms. The van der Waals surface area contributed by atoms with Crippen LogP contribution in [0.15, 0.2) is 22.7 Å². The Hall–Kier alpha value is -2.32. The van der Waals surface area contributed by atoms with E-state index < -0.39 is 11.0 Å². The van der Waals surface area contributed by atoms with Gasteiger partial charge in [0.15, 0.2) is 5.82 Å². The van der Waals surface area contributed by atoms with Crippen LogP contribution in [0.1, 0.15) is 17.4 Å². The molecular formula is C12H14N4O4. The molecule has 0 fully saturated rings. The molecule has 2 rings (SSSR count). The Bertz CT molecular complexity index is 626. The van der Waals surface area contributed by atoms with Crippen molar-refractivity contribution in [2.24, 2.45) is 5.73 Å². The lowest BCUT2D eigenvalue weighted by molar-refractivity contribution is -0.384. The summed E-state index contributed by atoms with van der Waals surface area (Å²) in [7, 11) is 1.51. The predicted molar refractivity (Wildman–Crippen MR) is 69.9 cm³/mol. The average Bonchev–Trinajstić information content (AvgIpc) is 2.88. The fraction of sp³-hybridized carbons (Fsp3) is 0.333. The number of ether oxygens (including phenoxy) is 1. The number of aryl methyl sites for hydroxylation is 1. The van der Waals surface area contributed by atoms with Crippen LogP contribution >= 0.6 is 0 Å². The number of methoxy groups -OCH3 is 1. The Balaban J connectivity index is 2.41. The first kappa shape index (κ1) is 14.1. The number of hydrogen-bond donors (Lipinski definition) is 1. The van der Waals surface area contributed by atoms with Gasteiger partial charge in [-0.25, -0.2) is 0 Å². The molecule has 1 aromatic carbocycles. The minimum atomic E-state index is -0.540. The van der Waals surface area contributed by atoms with E-state index in [1.54, 1.807) is 12.1 Å². The molecule has 20 heavy (non-hydrogen) atoms. The van der Waals surface area contributed by atoms with Crippen LogP contribution in [-0.4, -0.2) is 28.8 Å². The average molecular weight is 278 g/mol. The van der Waals surface area contributed by atoms with Crippen LogP contribution < -0.4 is 5.73 Å². The number of nitrogens with two attached hydrogens (primary N) is 1. The summed E-state index contributed by atoms with van der Waals surface area (Å²) >= 11 is 0. The second-order valence-corrected chi connectivity index (χ2v) is 4.30. The van der Waals surface area contributed by atoms with E-state index in [2.05, 4.69) is 10.1 Å². The van der Waals surface area contributed by atoms with Crippen molar-refractivity contribution >= 4 is 5.69 Å². The Morgan fingerprint density at radius 3 is 2.95 bits per heavy atom. The maximum Gasteiger partial charge on any atom is 0.282 e. The van der Waals surface area contributed by atoms with E-state index in [1.807, 2.05) is 6.92 Å². The van der Waals surface area contributed by atoms with Gasteiger partial charge in [-0.05, 0) is 18.6 Å². The SMILES string of the molecule is COCC(N)c1noc(-c2cc(C)ccc2[N+](=O)[O-])n1. The van der Waals surface area contributed by atoms with E-state index in [4.69, 9.17) is 15.0 Å². The van der Waals surface area contributed by atoms with Gasteiger partial charge in [-0.15, -0.1) is 0 Å². The third-order valence-corrected chi connectivity index (χ3v) is 2.70. The lowest BCUT2D eigenvalue weighted by Gasteiger charge is -2.03. The van der Waals surface area contributed by atoms with Crippen molar-refractivity contribution in [3.05, 3.63) is 39.7 Å². The molecule has 8 nitrogen and oxygen atoms in total. The van der Waals surface area contributed by atoms with Gasteiger partial charge in [0.1, 0.15) is 5.56 Å². The van der Waals surface area contributed by atoms with Gasteiger partial charge in [0.05, 0.1) is 17.6 Å². The molecular weight excluding hydrogens is 264 g/mol. The zero-order chi connectivity index (χ0) is 14.7. The van der Waals surface area contributed by atoms with Gasteiger partial charge in [-0.2, -0.15) is 4.98 Å². The summed E-state index contributed by atoms with van der Waals surface area (Å²) in [4.78, 5) is 14.6. The molecule has 1 unspecified atom stereocenters. The molecule has 0 aliphatic heterocycles. The minimum absolute atomic E-state index is 0.0713. The third-order valence-electron chi connectivity index (χ3n) is 2.70. The van der Waals surface area contributed by atoms with Gasteiger partial charge in [0.2, 0.25) is 0 Å². The van der Waals surface area contributed by atoms with Gasteiger partial charge in [0.25, 0.3) is 11.6 Å². The van der Waals surface area contributed by atoms with Crippen LogP contribution in [0.3, 0.4) is 0 Å². The summed E-state index contributed by atoms with van der Waals surface area (Å²) in [6.07, 6.45) is 0. The number of rotatable bonds is 5. The van der Waals surface area contributed by atoms with Crippen molar-refractivity contribution in [2.75, 3.05) is 13.7 Å². The highest BCUT2D eigenvalue weighted by Crippen LogP contribution is 2.29. The molecule has 0 amide bonds. The zero-order valence-corrected chi connectivity index (χ0v) is 11.1. The van der Waals surface area contributed by atoms with Crippen LogP contribution in [0.25, 0.3) is 11.5 Å². The van der Waals surface area contributed by atoms with Crippen molar-refractivity contribution in [2.45, 2.75) is 13.0 Å². The molecule has 0 saturated heterocycles. The second-order valence-electron chi connectivity index (χ2n) is 4.30. The van der Waals surface area contributed by atoms with Gasteiger partial charge in [0, 0.05) is 13.2 Å². The predicted octanol–water partition coefficient (Wildman–Crippen LogP) is 1.60. The Morgan fingerprint density at radius 1 is 1.55 bits per heavy atom. The topological polar surface area (TPSA) is 117 Å². The highest BCUT2D eigenvalue weighted by atomic mass is 16.6. The minimum Gasteiger partial charge on any atom is -0.383 e. The number of benzene rings is 1. The molecule has 0 spiro atoms. The first-order valence-corrected chi connectivity index (χ1v) is 5.86. The van der Waals surface area contributed by atoms with Crippen LogP contribution in [0.2, 0.25) is 0 Å². The fourth-order valence-electron chi connectivity index (χ4n) is 1.73. The molecule has 1 heterocycles. The Kier molecular flexibility index (Phi) is 4.06. The summed E-state index contributed by atoms with van der Waals surface area (Å²) in [5, 5.41) is 14.7. The highest BCUT2D eigenvalue weighted by Gasteiger charge is 2.22. The summed E-state index contributed by atoms with van der Waals surface area (Å²) in [5.41, 5.74) is 6.82. The van der Waals surface area contributed by atoms with Crippen molar-refractivity contribution in [3.63, 3.8) is 0 Å². The number of hydrogen-bond acceptors (Lipinski definition) is 7. The highest BCUT2D eigenvalue weighted by molar-refractivity contribution is 5.67. The summed E-state index contributed by atoms with van der Waals surface area (Å²) in [5.74, 6) is 0.319. The number of nitro groups is 1. The van der Waals surface area contributed by atoms with E-state index in [9.17, 15) is 10.1 Å². The molecule has 8 heteroatoms. The quantitative estimate of drug-likeness (QED) is 0.651. The van der Waals surface area contributed by atoms with Crippen molar-refractivity contribution < 1.29 is 14.2 Å². The number of nitrogens with zero attached hydrogens (tertiary/aromatic N) is 3. The molecule has 2 N–H and O–H groups in total. The second kappa shape index (κ2) is 5.76. The van der Waals surface area contributed by atoms with Crippen LogP contribution in [0.4, 0.5) is 5.69 Å². The van der Waals surface area contributed by atoms with Crippen molar-refractivity contribution in [1.29, 1.82) is 0 Å². The van der Waals surface area contributed by atoms with Crippen LogP contribution in [0.5, 0.6) is 0 Å². The molecule has 0 radical (unpaired) electrons. The van der Waals surface area contributed by atoms with E-state index >= 15 is 0 Å². The fourth-order valence-corrected chi connectivity index (χ4v) is 1.73. The molecule has 2 aromatic rings. The molecule has 0 saturated carbocycles. The summed E-state index contributed by atoms with van der Waals surface area (Å²) in [6.45, 7) is 2.05. The number of aromatic nitrogens is 2. The first-order chi connectivity index (χ1) is 9.52. The van der Waals surface area contributed by atoms with E-state index in [0.717, 1.165) is 5.56 Å². The zero-order valence-electron chi connectivity index (χ0n) is 11.1. The van der Waals surface area contributed by atoms with Gasteiger partial charge < -0.3 is 15.0 Å². The van der Waals surface area contributed by atoms with E-state index in [-0.39, 0.29) is 29.6 Å². The smallest absolute Gasteiger partial charge is 0.282 e. The van der Waals surface area contributed by atoms with Gasteiger partial charge in [-0.3, -0.25) is 10.1 Å². The largest absolute Gasteiger partial charge is 0.383 e. The monoisotopic (exact) mass is 278 g/mol. The van der Waals surface area contributed by atoms with Crippen LogP contribution in [0, 0.1) is 17.0 Å². The van der Waals surface area contributed by atoms with Gasteiger partial charge in [-0.1, -0.05) is 11.2 Å². The van der Waals surface area contributed by atoms with Crippen molar-refractivity contribution in [1.82, 2.24) is 10.1 Å². The Morgan fingerprint density at radius 2 is 2.30 bits per heavy atom. The molecule has 0 aliphatic carbocycles. The summed E-state index contributed by atoms with van der Waals surface area (Å²) in [6, 6.07) is 4.14. The molecule has 0 aliphatic rings. The first-order valence-electron chi connectivity index (χ1n) is 5.86. The molecule has 1 aromatic heterocycles. The van der Waals surface area contributed by atoms with E-state index in [0.29, 0.717) is 0 Å². The van der Waals surface area contributed by atoms with Crippen molar-refractivity contribution in [3.8, 4) is 11.5 Å². The lowest BCUT2D eigenvalue weighted by atomic mass is 10.1. The molecule has 1 atom stereocenters. The Labute approximate surface area is 114 Å². The lowest BCUT2D eigenvalue weighted by Crippen LogP contribution is -2.17. The normalized spacial score (nSPS) is 12.3. The third kappa shape index (κ3) is 2.81. The van der Waals surface area contributed by atoms with Crippen LogP contribution in [-0.2, 0) is 4.74 Å². The number of nitro benzene ring substituents is 1. The van der Waals surface area contributed by atoms with E-state index in [1.165, 1.54) is 13.2 Å². The standard InChI is InChI=1S/C12H14N4O4/c1-7-3-4-10(16(17)18)8(5-7)12-14-11(15-20-12)9(13)6-19-2/h3-5,9H,6,13H2,1-2H3. The van der Waals surface area contributed by atoms with Gasteiger partial charge >= 0.3 is 0 Å².